The summed E-state index contributed by atoms with van der Waals surface area (Å²) in [5.74, 6) is 2.17. The zero-order chi connectivity index (χ0) is 21.8. The topological polar surface area (TPSA) is 122 Å². The zero-order valence-corrected chi connectivity index (χ0v) is 18.0. The van der Waals surface area contributed by atoms with Crippen molar-refractivity contribution >= 4 is 23.7 Å². The first-order valence-corrected chi connectivity index (χ1v) is 9.83. The molecule has 3 rings (SSSR count). The van der Waals surface area contributed by atoms with E-state index in [1.165, 1.54) is 11.8 Å². The van der Waals surface area contributed by atoms with Gasteiger partial charge in [0.05, 0.1) is 31.2 Å². The summed E-state index contributed by atoms with van der Waals surface area (Å²) in [5, 5.41) is 28.6. The van der Waals surface area contributed by atoms with Crippen molar-refractivity contribution in [1.82, 2.24) is 24.7 Å². The monoisotopic (exact) mass is 431 g/mol. The van der Waals surface area contributed by atoms with Crippen molar-refractivity contribution in [3.8, 4) is 11.5 Å². The molecule has 0 N–H and O–H groups in total. The molecular formula is C18H21N7O4S. The maximum absolute atomic E-state index is 11.2. The molecule has 30 heavy (non-hydrogen) atoms. The fourth-order valence-electron chi connectivity index (χ4n) is 2.82. The highest BCUT2D eigenvalue weighted by atomic mass is 32.2. The summed E-state index contributed by atoms with van der Waals surface area (Å²) in [4.78, 5) is 10.8. The third-order valence-corrected chi connectivity index (χ3v) is 5.23. The Morgan fingerprint density at radius 3 is 2.57 bits per heavy atom. The first-order chi connectivity index (χ1) is 14.3. The van der Waals surface area contributed by atoms with Crippen molar-refractivity contribution in [3.63, 3.8) is 0 Å². The Balaban J connectivity index is 1.80. The van der Waals surface area contributed by atoms with Crippen molar-refractivity contribution in [3.05, 3.63) is 51.1 Å². The van der Waals surface area contributed by atoms with E-state index in [-0.39, 0.29) is 5.69 Å². The maximum Gasteiger partial charge on any atom is 0.312 e. The summed E-state index contributed by atoms with van der Waals surface area (Å²) in [6, 6.07) is 5.46. The molecule has 12 heteroatoms. The molecule has 0 atom stereocenters. The summed E-state index contributed by atoms with van der Waals surface area (Å²) in [7, 11) is 3.15. The van der Waals surface area contributed by atoms with Gasteiger partial charge in [-0.2, -0.15) is 14.9 Å². The Morgan fingerprint density at radius 2 is 1.93 bits per heavy atom. The third-order valence-electron chi connectivity index (χ3n) is 4.34. The summed E-state index contributed by atoms with van der Waals surface area (Å²) >= 11 is 1.33. The average Bonchev–Trinajstić information content (AvgIpc) is 3.22. The summed E-state index contributed by atoms with van der Waals surface area (Å²) < 4.78 is 13.7. The predicted molar refractivity (Wildman–Crippen MR) is 112 cm³/mol. The Hall–Kier alpha value is -3.41. The van der Waals surface area contributed by atoms with Crippen LogP contribution in [0.15, 0.2) is 28.5 Å². The van der Waals surface area contributed by atoms with Crippen LogP contribution < -0.4 is 9.47 Å². The smallest absolute Gasteiger partial charge is 0.312 e. The van der Waals surface area contributed by atoms with Gasteiger partial charge in [-0.3, -0.25) is 14.8 Å². The maximum atomic E-state index is 11.2. The van der Waals surface area contributed by atoms with Crippen molar-refractivity contribution in [2.75, 3.05) is 14.2 Å². The van der Waals surface area contributed by atoms with Gasteiger partial charge < -0.3 is 9.47 Å². The molecule has 0 saturated carbocycles. The molecule has 0 fully saturated rings. The zero-order valence-electron chi connectivity index (χ0n) is 17.2. The fourth-order valence-corrected chi connectivity index (χ4v) is 3.70. The lowest BCUT2D eigenvalue weighted by Crippen LogP contribution is -2.02. The van der Waals surface area contributed by atoms with E-state index in [4.69, 9.17) is 9.47 Å². The second-order valence-electron chi connectivity index (χ2n) is 6.25. The van der Waals surface area contributed by atoms with Gasteiger partial charge in [0, 0.05) is 0 Å². The number of nitrogens with zero attached hydrogens (tertiary/aromatic N) is 7. The van der Waals surface area contributed by atoms with Crippen LogP contribution in [-0.2, 0) is 5.88 Å². The van der Waals surface area contributed by atoms with Crippen LogP contribution in [-0.4, -0.2) is 50.0 Å². The predicted octanol–water partition coefficient (Wildman–Crippen LogP) is 2.96. The molecule has 158 valence electrons. The van der Waals surface area contributed by atoms with Crippen LogP contribution in [0.3, 0.4) is 0 Å². The Labute approximate surface area is 176 Å². The lowest BCUT2D eigenvalue weighted by molar-refractivity contribution is -0.386. The van der Waals surface area contributed by atoms with Crippen LogP contribution in [0.5, 0.6) is 11.5 Å². The summed E-state index contributed by atoms with van der Waals surface area (Å²) in [6.07, 6.45) is 1.66. The average molecular weight is 431 g/mol. The van der Waals surface area contributed by atoms with Gasteiger partial charge >= 0.3 is 5.69 Å². The molecule has 0 spiro atoms. The van der Waals surface area contributed by atoms with Gasteiger partial charge in [-0.05, 0) is 44.5 Å². The van der Waals surface area contributed by atoms with E-state index in [2.05, 4.69) is 20.4 Å². The summed E-state index contributed by atoms with van der Waals surface area (Å²) in [5.41, 5.74) is 1.70. The van der Waals surface area contributed by atoms with E-state index in [9.17, 15) is 10.1 Å². The van der Waals surface area contributed by atoms with Crippen LogP contribution in [0.25, 0.3) is 0 Å². The SMILES string of the molecule is COc1ccc(/C=N/n2c(C)nnc2SCn2nc(C)c([N+](=O)[O-])c2C)cc1OC. The molecule has 1 aromatic carbocycles. The number of hydrogen-bond donors (Lipinski definition) is 0. The number of rotatable bonds is 8. The van der Waals surface area contributed by atoms with Gasteiger partial charge in [0.25, 0.3) is 0 Å². The molecular weight excluding hydrogens is 410 g/mol. The number of benzene rings is 1. The molecule has 0 aliphatic heterocycles. The van der Waals surface area contributed by atoms with Crippen LogP contribution in [0, 0.1) is 30.9 Å². The largest absolute Gasteiger partial charge is 0.493 e. The van der Waals surface area contributed by atoms with Gasteiger partial charge in [0.1, 0.15) is 11.4 Å². The highest BCUT2D eigenvalue weighted by molar-refractivity contribution is 7.98. The Bertz CT molecular complexity index is 1110. The molecule has 11 nitrogen and oxygen atoms in total. The molecule has 2 heterocycles. The lowest BCUT2D eigenvalue weighted by atomic mass is 10.2. The molecule has 0 saturated heterocycles. The van der Waals surface area contributed by atoms with Crippen molar-refractivity contribution in [1.29, 1.82) is 0 Å². The van der Waals surface area contributed by atoms with E-state index in [1.54, 1.807) is 56.6 Å². The molecule has 2 aromatic heterocycles. The molecule has 0 radical (unpaired) electrons. The highest BCUT2D eigenvalue weighted by Gasteiger charge is 2.22. The minimum absolute atomic E-state index is 0.0275. The van der Waals surface area contributed by atoms with Crippen molar-refractivity contribution in [2.45, 2.75) is 31.8 Å². The quantitative estimate of drug-likeness (QED) is 0.231. The molecule has 3 aromatic rings. The third kappa shape index (κ3) is 4.27. The van der Waals surface area contributed by atoms with E-state index in [1.807, 2.05) is 12.1 Å². The first-order valence-electron chi connectivity index (χ1n) is 8.85. The number of ether oxygens (including phenoxy) is 2. The molecule has 0 aliphatic carbocycles. The Morgan fingerprint density at radius 1 is 1.20 bits per heavy atom. The van der Waals surface area contributed by atoms with Crippen LogP contribution in [0.1, 0.15) is 22.8 Å². The van der Waals surface area contributed by atoms with Gasteiger partial charge in [-0.15, -0.1) is 10.2 Å². The first kappa shape index (κ1) is 21.3. The molecule has 0 bridgehead atoms. The van der Waals surface area contributed by atoms with Crippen LogP contribution in [0.4, 0.5) is 5.69 Å². The minimum atomic E-state index is -0.418. The fraction of sp³-hybridized carbons (Fsp3) is 0.333. The van der Waals surface area contributed by atoms with Crippen molar-refractivity contribution < 1.29 is 14.4 Å². The number of aromatic nitrogens is 5. The second kappa shape index (κ2) is 8.95. The van der Waals surface area contributed by atoms with Gasteiger partial charge in [-0.25, -0.2) is 0 Å². The van der Waals surface area contributed by atoms with E-state index in [0.29, 0.717) is 39.7 Å². The van der Waals surface area contributed by atoms with Crippen LogP contribution >= 0.6 is 11.8 Å². The Kier molecular flexibility index (Phi) is 6.35. The van der Waals surface area contributed by atoms with E-state index in [0.717, 1.165) is 5.56 Å². The lowest BCUT2D eigenvalue weighted by Gasteiger charge is -2.07. The van der Waals surface area contributed by atoms with Gasteiger partial charge in [-0.1, -0.05) is 11.8 Å². The normalized spacial score (nSPS) is 11.2. The van der Waals surface area contributed by atoms with Gasteiger partial charge in [0.15, 0.2) is 17.3 Å². The number of hydrogen-bond acceptors (Lipinski definition) is 9. The molecule has 0 aliphatic rings. The highest BCUT2D eigenvalue weighted by Crippen LogP contribution is 2.28. The van der Waals surface area contributed by atoms with E-state index >= 15 is 0 Å². The second-order valence-corrected chi connectivity index (χ2v) is 7.16. The summed E-state index contributed by atoms with van der Waals surface area (Å²) in [6.45, 7) is 5.08. The standard InChI is InChI=1S/C18H21N7O4S/c1-11-17(25(26)27)12(2)23(22-11)10-30-18-21-20-13(3)24(18)19-9-14-6-7-15(28-4)16(8-14)29-5/h6-9H,10H2,1-5H3/b19-9+. The number of aryl methyl sites for hydroxylation is 2. The number of methoxy groups -OCH3 is 2. The van der Waals surface area contributed by atoms with Crippen molar-refractivity contribution in [2.24, 2.45) is 5.10 Å². The molecule has 0 amide bonds. The number of nitro groups is 1. The van der Waals surface area contributed by atoms with Crippen LogP contribution in [0.2, 0.25) is 0 Å². The minimum Gasteiger partial charge on any atom is -0.493 e. The van der Waals surface area contributed by atoms with Gasteiger partial charge in [0.2, 0.25) is 5.16 Å². The van der Waals surface area contributed by atoms with E-state index < -0.39 is 4.92 Å². The number of thioether (sulfide) groups is 1. The molecule has 0 unspecified atom stereocenters.